The van der Waals surface area contributed by atoms with Crippen molar-refractivity contribution >= 4 is 23.2 Å². The standard InChI is InChI=1S/C29H25ClF2N2O3/c1-13-8-20(35)23-16(13)10-17-25(27(23)32)24-18-12-29(22-6-3-7-33-22,37-21(18)11-19(31)26(24)30)14-4-2-5-15(9-14)34-28(17)36/h2,4-5,9-11,13,20,22,33,35H,3,6-8,12H2,1H3,(H,34,36)/t13-,20+,22-,29-/m0/s1. The predicted molar refractivity (Wildman–Crippen MR) is 136 cm³/mol. The van der Waals surface area contributed by atoms with Crippen LogP contribution in [0.3, 0.4) is 0 Å². The van der Waals surface area contributed by atoms with Gasteiger partial charge in [0.05, 0.1) is 22.7 Å². The Hall–Kier alpha value is -3.00. The third kappa shape index (κ3) is 3.17. The number of rotatable bonds is 1. The van der Waals surface area contributed by atoms with E-state index in [1.165, 1.54) is 6.07 Å². The molecule has 4 aliphatic rings. The number of hydrogen-bond donors (Lipinski definition) is 3. The number of benzene rings is 3. The summed E-state index contributed by atoms with van der Waals surface area (Å²) in [5, 5.41) is 16.9. The van der Waals surface area contributed by atoms with Crippen LogP contribution in [0.25, 0.3) is 11.1 Å². The summed E-state index contributed by atoms with van der Waals surface area (Å²) in [7, 11) is 0. The average molecular weight is 523 g/mol. The predicted octanol–water partition coefficient (Wildman–Crippen LogP) is 5.97. The van der Waals surface area contributed by atoms with E-state index in [4.69, 9.17) is 16.3 Å². The molecule has 37 heavy (non-hydrogen) atoms. The van der Waals surface area contributed by atoms with Crippen molar-refractivity contribution in [2.45, 2.75) is 56.3 Å². The lowest BCUT2D eigenvalue weighted by Crippen LogP contribution is -2.49. The molecule has 3 heterocycles. The Labute approximate surface area is 217 Å². The number of aliphatic hydroxyl groups is 1. The quantitative estimate of drug-likeness (QED) is 0.368. The lowest BCUT2D eigenvalue weighted by molar-refractivity contribution is 0.0539. The first-order chi connectivity index (χ1) is 17.8. The molecule has 190 valence electrons. The molecule has 4 atom stereocenters. The number of aliphatic hydroxyl groups excluding tert-OH is 1. The maximum Gasteiger partial charge on any atom is 0.256 e. The van der Waals surface area contributed by atoms with E-state index in [-0.39, 0.29) is 45.0 Å². The zero-order chi connectivity index (χ0) is 25.6. The highest BCUT2D eigenvalue weighted by atomic mass is 35.5. The molecule has 0 saturated carbocycles. The Balaban J connectivity index is 1.59. The summed E-state index contributed by atoms with van der Waals surface area (Å²) in [4.78, 5) is 13.7. The molecule has 3 aromatic rings. The second-order valence-corrected chi connectivity index (χ2v) is 11.0. The highest BCUT2D eigenvalue weighted by Gasteiger charge is 2.51. The summed E-state index contributed by atoms with van der Waals surface area (Å²) in [6, 6.07) is 10.3. The van der Waals surface area contributed by atoms with Crippen LogP contribution in [0.2, 0.25) is 5.02 Å². The second kappa shape index (κ2) is 8.00. The average Bonchev–Trinajstić information content (AvgIpc) is 3.59. The number of carbonyl (C=O) groups excluding carboxylic acids is 1. The molecule has 3 N–H and O–H groups in total. The van der Waals surface area contributed by atoms with Gasteiger partial charge in [-0.2, -0.15) is 0 Å². The number of fused-ring (bicyclic) bond motifs is 7. The maximum absolute atomic E-state index is 16.5. The molecule has 7 rings (SSSR count). The minimum Gasteiger partial charge on any atom is -0.480 e. The third-order valence-electron chi connectivity index (χ3n) is 8.52. The summed E-state index contributed by atoms with van der Waals surface area (Å²) in [6.45, 7) is 2.71. The van der Waals surface area contributed by atoms with E-state index in [0.717, 1.165) is 24.9 Å². The van der Waals surface area contributed by atoms with E-state index in [1.807, 2.05) is 25.1 Å². The Morgan fingerprint density at radius 2 is 2.03 bits per heavy atom. The van der Waals surface area contributed by atoms with Crippen LogP contribution in [0.4, 0.5) is 14.5 Å². The SMILES string of the molecule is C[C@H]1C[C@@H](O)c2c1cc1c(c2F)-c2c(Cl)c(F)cc3c2C[C@]([C@@H]2CCCN2)(O3)c2cccc(c2)NC1=O. The molecule has 1 saturated heterocycles. The fourth-order valence-corrected chi connectivity index (χ4v) is 7.06. The maximum atomic E-state index is 16.5. The van der Waals surface area contributed by atoms with Gasteiger partial charge in [0.2, 0.25) is 0 Å². The first-order valence-corrected chi connectivity index (χ1v) is 13.1. The number of halogens is 3. The molecule has 8 heteroatoms. The van der Waals surface area contributed by atoms with E-state index < -0.39 is 29.2 Å². The number of amides is 1. The molecule has 1 amide bonds. The van der Waals surface area contributed by atoms with Crippen molar-refractivity contribution in [2.24, 2.45) is 0 Å². The van der Waals surface area contributed by atoms with Gasteiger partial charge in [-0.15, -0.1) is 0 Å². The summed E-state index contributed by atoms with van der Waals surface area (Å²) >= 11 is 6.60. The number of carbonyl (C=O) groups is 1. The zero-order valence-corrected chi connectivity index (χ0v) is 20.9. The first-order valence-electron chi connectivity index (χ1n) is 12.7. The van der Waals surface area contributed by atoms with Gasteiger partial charge in [-0.25, -0.2) is 8.78 Å². The van der Waals surface area contributed by atoms with Crippen molar-refractivity contribution < 1.29 is 23.4 Å². The number of nitrogens with one attached hydrogen (secondary N) is 2. The van der Waals surface area contributed by atoms with Gasteiger partial charge < -0.3 is 20.5 Å². The molecule has 3 aliphatic heterocycles. The second-order valence-electron chi connectivity index (χ2n) is 10.6. The van der Waals surface area contributed by atoms with Crippen LogP contribution in [-0.4, -0.2) is 23.6 Å². The van der Waals surface area contributed by atoms with Crippen LogP contribution >= 0.6 is 11.6 Å². The van der Waals surface area contributed by atoms with Gasteiger partial charge in [0, 0.05) is 40.4 Å². The number of anilines is 1. The molecule has 3 aromatic carbocycles. The Morgan fingerprint density at radius 3 is 2.81 bits per heavy atom. The van der Waals surface area contributed by atoms with E-state index in [9.17, 15) is 9.90 Å². The van der Waals surface area contributed by atoms with Crippen LogP contribution in [-0.2, 0) is 12.0 Å². The van der Waals surface area contributed by atoms with Gasteiger partial charge in [-0.05, 0) is 61.1 Å². The van der Waals surface area contributed by atoms with Gasteiger partial charge in [-0.3, -0.25) is 4.79 Å². The van der Waals surface area contributed by atoms with Crippen LogP contribution in [0.5, 0.6) is 5.75 Å². The fourth-order valence-electron chi connectivity index (χ4n) is 6.80. The van der Waals surface area contributed by atoms with Gasteiger partial charge in [0.1, 0.15) is 17.4 Å². The van der Waals surface area contributed by atoms with Crippen molar-refractivity contribution in [1.82, 2.24) is 5.32 Å². The lowest BCUT2D eigenvalue weighted by atomic mass is 9.80. The first kappa shape index (κ1) is 23.1. The smallest absolute Gasteiger partial charge is 0.256 e. The Morgan fingerprint density at radius 1 is 1.19 bits per heavy atom. The lowest BCUT2D eigenvalue weighted by Gasteiger charge is -2.35. The normalized spacial score (nSPS) is 27.3. The number of ether oxygens (including phenoxy) is 1. The molecular formula is C29H25ClF2N2O3. The minimum absolute atomic E-state index is 0.0516. The molecule has 0 unspecified atom stereocenters. The van der Waals surface area contributed by atoms with Crippen LogP contribution in [0, 0.1) is 11.6 Å². The van der Waals surface area contributed by atoms with E-state index in [0.29, 0.717) is 29.7 Å². The molecule has 1 aliphatic carbocycles. The zero-order valence-electron chi connectivity index (χ0n) is 20.1. The Bertz CT molecular complexity index is 1500. The number of hydrogen-bond acceptors (Lipinski definition) is 4. The minimum atomic E-state index is -1.02. The Kier molecular flexibility index (Phi) is 5.00. The third-order valence-corrected chi connectivity index (χ3v) is 8.89. The summed E-state index contributed by atoms with van der Waals surface area (Å²) in [5.74, 6) is -1.87. The van der Waals surface area contributed by atoms with Crippen molar-refractivity contribution in [3.8, 4) is 16.9 Å². The summed E-state index contributed by atoms with van der Waals surface area (Å²) < 4.78 is 38.5. The molecule has 5 nitrogen and oxygen atoms in total. The largest absolute Gasteiger partial charge is 0.480 e. The van der Waals surface area contributed by atoms with Crippen LogP contribution in [0.15, 0.2) is 36.4 Å². The van der Waals surface area contributed by atoms with E-state index in [1.54, 1.807) is 12.1 Å². The summed E-state index contributed by atoms with van der Waals surface area (Å²) in [6.07, 6.45) is 1.45. The molecule has 0 aromatic heterocycles. The molecule has 1 fully saturated rings. The fraction of sp³-hybridized carbons (Fsp3) is 0.345. The van der Waals surface area contributed by atoms with Gasteiger partial charge >= 0.3 is 0 Å². The van der Waals surface area contributed by atoms with E-state index >= 15 is 8.78 Å². The van der Waals surface area contributed by atoms with Crippen LogP contribution in [0.1, 0.15) is 70.8 Å². The van der Waals surface area contributed by atoms with Crippen molar-refractivity contribution in [3.63, 3.8) is 0 Å². The highest BCUT2D eigenvalue weighted by molar-refractivity contribution is 6.34. The highest BCUT2D eigenvalue weighted by Crippen LogP contribution is 2.54. The summed E-state index contributed by atoms with van der Waals surface area (Å²) in [5.41, 5.74) is 1.84. The van der Waals surface area contributed by atoms with Crippen LogP contribution < -0.4 is 15.4 Å². The monoisotopic (exact) mass is 522 g/mol. The van der Waals surface area contributed by atoms with Crippen molar-refractivity contribution in [2.75, 3.05) is 11.9 Å². The molecular weight excluding hydrogens is 498 g/mol. The van der Waals surface area contributed by atoms with Gasteiger partial charge in [-0.1, -0.05) is 30.7 Å². The topological polar surface area (TPSA) is 70.6 Å². The van der Waals surface area contributed by atoms with Crippen molar-refractivity contribution in [3.05, 3.63) is 80.9 Å². The van der Waals surface area contributed by atoms with Gasteiger partial charge in [0.25, 0.3) is 5.91 Å². The molecule has 4 bridgehead atoms. The van der Waals surface area contributed by atoms with Crippen molar-refractivity contribution in [1.29, 1.82) is 0 Å². The molecule has 0 spiro atoms. The van der Waals surface area contributed by atoms with E-state index in [2.05, 4.69) is 10.6 Å². The van der Waals surface area contributed by atoms with Gasteiger partial charge in [0.15, 0.2) is 5.60 Å². The molecule has 0 radical (unpaired) electrons.